The van der Waals surface area contributed by atoms with Crippen LogP contribution in [0.1, 0.15) is 79.6 Å². The van der Waals surface area contributed by atoms with Crippen molar-refractivity contribution in [2.45, 2.75) is 116 Å². The van der Waals surface area contributed by atoms with Crippen molar-refractivity contribution >= 4 is 23.8 Å². The summed E-state index contributed by atoms with van der Waals surface area (Å²) in [4.78, 5) is 61.2. The van der Waals surface area contributed by atoms with E-state index in [9.17, 15) is 24.3 Å². The molecule has 2 bridgehead atoms. The lowest BCUT2D eigenvalue weighted by Crippen LogP contribution is -2.70. The predicted molar refractivity (Wildman–Crippen MR) is 140 cm³/mol. The summed E-state index contributed by atoms with van der Waals surface area (Å²) >= 11 is 0. The number of amides is 2. The normalized spacial score (nSPS) is 37.3. The van der Waals surface area contributed by atoms with Crippen molar-refractivity contribution < 1.29 is 53.4 Å². The number of rotatable bonds is 11. The van der Waals surface area contributed by atoms with Gasteiger partial charge in [-0.05, 0) is 50.4 Å². The maximum atomic E-state index is 12.8. The highest BCUT2D eigenvalue weighted by molar-refractivity contribution is 5.91. The average molecular weight is 585 g/mol. The molecule has 13 nitrogen and oxygen atoms in total. The van der Waals surface area contributed by atoms with Crippen LogP contribution in [-0.2, 0) is 43.2 Å². The zero-order valence-electron chi connectivity index (χ0n) is 24.4. The number of nitrogens with one attached hydrogen (secondary N) is 2. The Morgan fingerprint density at radius 3 is 2.39 bits per heavy atom. The molecule has 0 aromatic carbocycles. The molecule has 2 amide bonds. The van der Waals surface area contributed by atoms with E-state index >= 15 is 0 Å². The van der Waals surface area contributed by atoms with Gasteiger partial charge in [-0.25, -0.2) is 14.6 Å². The molecule has 232 valence electrons. The van der Waals surface area contributed by atoms with Gasteiger partial charge in [-0.15, -0.1) is 0 Å². The van der Waals surface area contributed by atoms with Gasteiger partial charge in [-0.2, -0.15) is 0 Å². The third kappa shape index (κ3) is 6.53. The van der Waals surface area contributed by atoms with Crippen molar-refractivity contribution in [3.05, 3.63) is 0 Å². The molecule has 0 aromatic rings. The highest BCUT2D eigenvalue weighted by Crippen LogP contribution is 2.60. The summed E-state index contributed by atoms with van der Waals surface area (Å²) in [6, 6.07) is -2.52. The molecule has 1 saturated carbocycles. The number of fused-ring (bicyclic) bond motifs is 2. The van der Waals surface area contributed by atoms with E-state index in [1.807, 2.05) is 27.7 Å². The second-order valence-corrected chi connectivity index (χ2v) is 12.6. The zero-order chi connectivity index (χ0) is 30.1. The lowest BCUT2D eigenvalue weighted by atomic mass is 9.58. The van der Waals surface area contributed by atoms with Gasteiger partial charge in [0.1, 0.15) is 12.1 Å². The van der Waals surface area contributed by atoms with Crippen molar-refractivity contribution in [3.8, 4) is 0 Å². The summed E-state index contributed by atoms with van der Waals surface area (Å²) in [6.45, 7) is 8.89. The van der Waals surface area contributed by atoms with Crippen LogP contribution in [0.3, 0.4) is 0 Å². The summed E-state index contributed by atoms with van der Waals surface area (Å²) in [5.41, 5.74) is -0.780. The van der Waals surface area contributed by atoms with Gasteiger partial charge < -0.3 is 35.1 Å². The molecule has 0 radical (unpaired) electrons. The molecule has 41 heavy (non-hydrogen) atoms. The first-order valence-corrected chi connectivity index (χ1v) is 14.6. The molecule has 10 unspecified atom stereocenters. The molecular weight excluding hydrogens is 540 g/mol. The second-order valence-electron chi connectivity index (χ2n) is 12.6. The number of aliphatic hydroxyl groups is 1. The van der Waals surface area contributed by atoms with Gasteiger partial charge in [0, 0.05) is 24.7 Å². The lowest BCUT2D eigenvalue weighted by Gasteiger charge is -2.59. The number of aliphatic carboxylic acids is 1. The fourth-order valence-electron chi connectivity index (χ4n) is 6.84. The third-order valence-electron chi connectivity index (χ3n) is 9.06. The van der Waals surface area contributed by atoms with Crippen LogP contribution in [0.2, 0.25) is 0 Å². The van der Waals surface area contributed by atoms with Crippen molar-refractivity contribution in [3.63, 3.8) is 0 Å². The number of hydrogen-bond donors (Lipinski definition) is 4. The Balaban J connectivity index is 1.35. The van der Waals surface area contributed by atoms with Crippen molar-refractivity contribution in [1.29, 1.82) is 0 Å². The Hall–Kier alpha value is -2.32. The Morgan fingerprint density at radius 2 is 1.73 bits per heavy atom. The second kappa shape index (κ2) is 12.5. The number of esters is 1. The first-order chi connectivity index (χ1) is 19.3. The van der Waals surface area contributed by atoms with E-state index in [0.717, 1.165) is 19.3 Å². The summed E-state index contributed by atoms with van der Waals surface area (Å²) in [7, 11) is 0. The molecule has 4 saturated heterocycles. The highest BCUT2D eigenvalue weighted by atomic mass is 17.3. The molecule has 5 rings (SSSR count). The van der Waals surface area contributed by atoms with Crippen LogP contribution in [-0.4, -0.2) is 76.6 Å². The topological polar surface area (TPSA) is 179 Å². The Bertz CT molecular complexity index is 1010. The molecule has 4 heterocycles. The fraction of sp³-hybridized carbons (Fsp3) is 0.857. The van der Waals surface area contributed by atoms with E-state index in [-0.39, 0.29) is 42.9 Å². The average Bonchev–Trinajstić information content (AvgIpc) is 3.13. The number of aliphatic hydroxyl groups excluding tert-OH is 1. The van der Waals surface area contributed by atoms with Gasteiger partial charge in [0.2, 0.25) is 23.9 Å². The molecule has 5 fully saturated rings. The van der Waals surface area contributed by atoms with Gasteiger partial charge in [0.15, 0.2) is 11.9 Å². The van der Waals surface area contributed by atoms with Gasteiger partial charge >= 0.3 is 11.9 Å². The predicted octanol–water partition coefficient (Wildman–Crippen LogP) is 1.61. The summed E-state index contributed by atoms with van der Waals surface area (Å²) < 4.78 is 18.2. The number of ether oxygens (including phenoxy) is 3. The van der Waals surface area contributed by atoms with Crippen molar-refractivity contribution in [2.24, 2.45) is 29.6 Å². The fourth-order valence-corrected chi connectivity index (χ4v) is 6.84. The molecule has 5 aliphatic rings. The van der Waals surface area contributed by atoms with E-state index < -0.39 is 66.4 Å². The minimum atomic E-state index is -1.49. The molecule has 13 heteroatoms. The van der Waals surface area contributed by atoms with Crippen LogP contribution >= 0.6 is 0 Å². The maximum Gasteiger partial charge on any atom is 0.328 e. The number of carbonyl (C=O) groups excluding carboxylic acids is 3. The van der Waals surface area contributed by atoms with Crippen LogP contribution in [0.4, 0.5) is 0 Å². The minimum Gasteiger partial charge on any atom is -0.480 e. The number of carboxylic acid groups (broad SMARTS) is 1. The third-order valence-corrected chi connectivity index (χ3v) is 9.06. The molecular formula is C28H44N2O11. The van der Waals surface area contributed by atoms with Crippen LogP contribution in [0, 0.1) is 29.6 Å². The van der Waals surface area contributed by atoms with Crippen LogP contribution in [0.25, 0.3) is 0 Å². The van der Waals surface area contributed by atoms with E-state index in [1.165, 1.54) is 0 Å². The molecule has 0 aromatic heterocycles. The Morgan fingerprint density at radius 1 is 1.00 bits per heavy atom. The monoisotopic (exact) mass is 584 g/mol. The minimum absolute atomic E-state index is 0.00198. The Kier molecular flexibility index (Phi) is 9.64. The largest absolute Gasteiger partial charge is 0.480 e. The lowest BCUT2D eigenvalue weighted by molar-refractivity contribution is -0.576. The van der Waals surface area contributed by atoms with Gasteiger partial charge in [-0.1, -0.05) is 27.7 Å². The molecule has 1 spiro atoms. The molecule has 4 aliphatic heterocycles. The summed E-state index contributed by atoms with van der Waals surface area (Å²) in [5.74, 6) is -3.92. The standard InChI is InChI=1S/C28H44N2O11/c1-14(2)12-19(23(34)30-20(13-31)24(35)36)29-21(32)8-9-22(33)37-25-16(4)18-7-6-15(3)17-10-11-27(5)39-26(38-25)28(17,18)41-40-27/h14-20,25-26,31H,6-13H2,1-5H3,(H,29,32)(H,30,34)(H,35,36). The van der Waals surface area contributed by atoms with E-state index in [4.69, 9.17) is 29.1 Å². The molecule has 4 N–H and O–H groups in total. The van der Waals surface area contributed by atoms with E-state index in [2.05, 4.69) is 17.6 Å². The van der Waals surface area contributed by atoms with Gasteiger partial charge in [-0.3, -0.25) is 14.4 Å². The van der Waals surface area contributed by atoms with Crippen LogP contribution < -0.4 is 10.6 Å². The van der Waals surface area contributed by atoms with Gasteiger partial charge in [0.05, 0.1) is 13.0 Å². The smallest absolute Gasteiger partial charge is 0.328 e. The summed E-state index contributed by atoms with van der Waals surface area (Å²) in [6.07, 6.45) is 1.49. The van der Waals surface area contributed by atoms with Crippen LogP contribution in [0.15, 0.2) is 0 Å². The molecule has 1 aliphatic carbocycles. The highest BCUT2D eigenvalue weighted by Gasteiger charge is 2.69. The van der Waals surface area contributed by atoms with Crippen LogP contribution in [0.5, 0.6) is 0 Å². The number of hydrogen-bond acceptors (Lipinski definition) is 10. The first-order valence-electron chi connectivity index (χ1n) is 14.6. The number of carbonyl (C=O) groups is 4. The molecule has 10 atom stereocenters. The SMILES string of the molecule is CC(C)CC(NC(=O)CCC(=O)OC1OC2OC3(C)CCC4C(C)CCC(C1C)C24OO3)C(=O)NC(CO)C(=O)O. The summed E-state index contributed by atoms with van der Waals surface area (Å²) in [5, 5.41) is 23.1. The van der Waals surface area contributed by atoms with Crippen molar-refractivity contribution in [1.82, 2.24) is 10.6 Å². The van der Waals surface area contributed by atoms with Gasteiger partial charge in [0.25, 0.3) is 0 Å². The number of carboxylic acids is 1. The first kappa shape index (κ1) is 31.6. The van der Waals surface area contributed by atoms with E-state index in [0.29, 0.717) is 12.3 Å². The zero-order valence-corrected chi connectivity index (χ0v) is 24.4. The quantitative estimate of drug-likeness (QED) is 0.205. The maximum absolute atomic E-state index is 12.8. The Labute approximate surface area is 239 Å². The van der Waals surface area contributed by atoms with Crippen molar-refractivity contribution in [2.75, 3.05) is 6.61 Å². The van der Waals surface area contributed by atoms with E-state index in [1.54, 1.807) is 0 Å².